The number of hydrogen-bond donors (Lipinski definition) is 1. The summed E-state index contributed by atoms with van der Waals surface area (Å²) in [5.41, 5.74) is 0. The van der Waals surface area contributed by atoms with Crippen LogP contribution in [0.3, 0.4) is 0 Å². The number of nitrogens with one attached hydrogen (secondary N) is 1. The van der Waals surface area contributed by atoms with Crippen LogP contribution in [0.15, 0.2) is 4.40 Å². The highest BCUT2D eigenvalue weighted by atomic mass is 35.5. The van der Waals surface area contributed by atoms with Crippen molar-refractivity contribution in [3.05, 3.63) is 0 Å². The molecule has 15 heavy (non-hydrogen) atoms. The number of carbonyl (C=O) groups excluding carboxylic acids is 1. The number of sulfone groups is 1. The molecule has 0 aromatic rings. The third kappa shape index (κ3) is 7.46. The van der Waals surface area contributed by atoms with Gasteiger partial charge in [0.15, 0.2) is 9.84 Å². The molecule has 0 fully saturated rings. The smallest absolute Gasteiger partial charge is 0.229 e. The van der Waals surface area contributed by atoms with Gasteiger partial charge in [-0.15, -0.1) is 11.6 Å². The minimum Gasteiger partial charge on any atom is -0.229 e. The summed E-state index contributed by atoms with van der Waals surface area (Å²) in [5, 5.41) is 0. The third-order valence-electron chi connectivity index (χ3n) is 1.24. The van der Waals surface area contributed by atoms with Crippen molar-refractivity contribution < 1.29 is 21.6 Å². The van der Waals surface area contributed by atoms with E-state index in [-0.39, 0.29) is 18.2 Å². The van der Waals surface area contributed by atoms with Crippen molar-refractivity contribution in [1.29, 1.82) is 0 Å². The van der Waals surface area contributed by atoms with Crippen LogP contribution in [0.5, 0.6) is 0 Å². The lowest BCUT2D eigenvalue weighted by molar-refractivity contribution is 0.562. The van der Waals surface area contributed by atoms with Crippen molar-refractivity contribution >= 4 is 37.7 Å². The molecule has 0 bridgehead atoms. The molecule has 0 amide bonds. The molecule has 0 aromatic carbocycles. The predicted octanol–water partition coefficient (Wildman–Crippen LogP) is -1.19. The monoisotopic (exact) mass is 276 g/mol. The summed E-state index contributed by atoms with van der Waals surface area (Å²) >= 11 is 5.22. The fourth-order valence-electron chi connectivity index (χ4n) is 0.627. The molecule has 0 radical (unpaired) electrons. The van der Waals surface area contributed by atoms with E-state index in [0.29, 0.717) is 0 Å². The number of hydrogen-bond acceptors (Lipinski definition) is 5. The SMILES string of the molecule is O=C=NS(=O)(=O)NCCS(=O)(=O)CCCl. The van der Waals surface area contributed by atoms with Crippen LogP contribution >= 0.6 is 11.6 Å². The lowest BCUT2D eigenvalue weighted by Crippen LogP contribution is -2.28. The zero-order valence-corrected chi connectivity index (χ0v) is 9.90. The Kier molecular flexibility index (Phi) is 5.99. The molecule has 7 nitrogen and oxygen atoms in total. The fraction of sp³-hybridized carbons (Fsp3) is 0.800. The Balaban J connectivity index is 4.17. The summed E-state index contributed by atoms with van der Waals surface area (Å²) in [5.74, 6) is -0.678. The van der Waals surface area contributed by atoms with Crippen LogP contribution in [0, 0.1) is 0 Å². The van der Waals surface area contributed by atoms with Gasteiger partial charge in [0.1, 0.15) is 0 Å². The second kappa shape index (κ2) is 6.19. The van der Waals surface area contributed by atoms with Crippen molar-refractivity contribution in [1.82, 2.24) is 4.72 Å². The molecule has 0 unspecified atom stereocenters. The van der Waals surface area contributed by atoms with Crippen molar-refractivity contribution in [3.8, 4) is 0 Å². The van der Waals surface area contributed by atoms with Crippen LogP contribution < -0.4 is 4.72 Å². The molecule has 0 heterocycles. The maximum Gasteiger partial charge on any atom is 0.330 e. The predicted molar refractivity (Wildman–Crippen MR) is 54.4 cm³/mol. The minimum absolute atomic E-state index is 0.0540. The van der Waals surface area contributed by atoms with E-state index >= 15 is 0 Å². The van der Waals surface area contributed by atoms with Crippen molar-refractivity contribution in [2.24, 2.45) is 4.40 Å². The fourth-order valence-corrected chi connectivity index (χ4v) is 2.84. The van der Waals surface area contributed by atoms with Gasteiger partial charge in [-0.05, 0) is 0 Å². The maximum absolute atomic E-state index is 11.0. The average molecular weight is 277 g/mol. The molecule has 0 saturated heterocycles. The van der Waals surface area contributed by atoms with Crippen LogP contribution in [0.2, 0.25) is 0 Å². The van der Waals surface area contributed by atoms with Crippen LogP contribution in [0.1, 0.15) is 0 Å². The third-order valence-corrected chi connectivity index (χ3v) is 4.19. The normalized spacial score (nSPS) is 12.1. The first kappa shape index (κ1) is 14.5. The first-order chi connectivity index (χ1) is 6.83. The molecule has 88 valence electrons. The van der Waals surface area contributed by atoms with E-state index in [9.17, 15) is 21.6 Å². The molecule has 10 heteroatoms. The van der Waals surface area contributed by atoms with E-state index in [1.165, 1.54) is 0 Å². The largest absolute Gasteiger partial charge is 0.330 e. The van der Waals surface area contributed by atoms with Gasteiger partial charge in [0.2, 0.25) is 0 Å². The summed E-state index contributed by atoms with van der Waals surface area (Å²) in [6.07, 6.45) is 0.835. The van der Waals surface area contributed by atoms with Gasteiger partial charge in [0.05, 0.1) is 11.5 Å². The molecule has 0 spiro atoms. The molecule has 1 N–H and O–H groups in total. The van der Waals surface area contributed by atoms with Crippen LogP contribution in [-0.4, -0.2) is 46.8 Å². The number of rotatable bonds is 7. The number of nitrogens with zero attached hydrogens (tertiary/aromatic N) is 1. The van der Waals surface area contributed by atoms with Crippen molar-refractivity contribution in [2.75, 3.05) is 23.9 Å². The first-order valence-electron chi connectivity index (χ1n) is 3.68. The highest BCUT2D eigenvalue weighted by Gasteiger charge is 2.12. The van der Waals surface area contributed by atoms with Gasteiger partial charge in [-0.2, -0.15) is 13.1 Å². The molecule has 0 saturated carbocycles. The highest BCUT2D eigenvalue weighted by molar-refractivity contribution is 7.91. The quantitative estimate of drug-likeness (QED) is 0.357. The molecule has 0 aromatic heterocycles. The minimum atomic E-state index is -4.12. The highest BCUT2D eigenvalue weighted by Crippen LogP contribution is 1.92. The van der Waals surface area contributed by atoms with Crippen LogP contribution in [0.25, 0.3) is 0 Å². The molecule has 0 aliphatic rings. The van der Waals surface area contributed by atoms with E-state index in [1.807, 2.05) is 0 Å². The van der Waals surface area contributed by atoms with E-state index in [2.05, 4.69) is 4.40 Å². The van der Waals surface area contributed by atoms with Crippen molar-refractivity contribution in [2.45, 2.75) is 0 Å². The Bertz CT molecular complexity index is 436. The lowest BCUT2D eigenvalue weighted by atomic mass is 10.8. The van der Waals surface area contributed by atoms with E-state index < -0.39 is 25.8 Å². The Morgan fingerprint density at radius 1 is 1.20 bits per heavy atom. The molecule has 0 atom stereocenters. The van der Waals surface area contributed by atoms with Gasteiger partial charge in [-0.1, -0.05) is 4.40 Å². The number of alkyl halides is 1. The van der Waals surface area contributed by atoms with Gasteiger partial charge in [0.25, 0.3) is 6.08 Å². The number of isocyanates is 1. The maximum atomic E-state index is 11.0. The van der Waals surface area contributed by atoms with E-state index in [4.69, 9.17) is 11.6 Å². The van der Waals surface area contributed by atoms with Gasteiger partial charge in [-0.3, -0.25) is 0 Å². The summed E-state index contributed by atoms with van der Waals surface area (Å²) in [7, 11) is -7.48. The summed E-state index contributed by atoms with van der Waals surface area (Å²) in [6, 6.07) is 0. The molecule has 0 aliphatic carbocycles. The Labute approximate surface area is 92.6 Å². The standard InChI is InChI=1S/C5H9ClN2O5S2/c6-1-3-14(10,11)4-2-7-15(12,13)8-5-9/h7H,1-4H2. The molecule has 0 aliphatic heterocycles. The van der Waals surface area contributed by atoms with Crippen LogP contribution in [0.4, 0.5) is 0 Å². The van der Waals surface area contributed by atoms with Gasteiger partial charge in [0, 0.05) is 12.4 Å². The van der Waals surface area contributed by atoms with Gasteiger partial charge < -0.3 is 0 Å². The lowest BCUT2D eigenvalue weighted by Gasteiger charge is -2.01. The summed E-state index contributed by atoms with van der Waals surface area (Å²) in [6.45, 7) is -0.354. The zero-order valence-electron chi connectivity index (χ0n) is 7.51. The van der Waals surface area contributed by atoms with E-state index in [1.54, 1.807) is 4.72 Å². The average Bonchev–Trinajstić information content (AvgIpc) is 2.02. The van der Waals surface area contributed by atoms with Crippen LogP contribution in [-0.2, 0) is 24.8 Å². The first-order valence-corrected chi connectivity index (χ1v) is 7.48. The Morgan fingerprint density at radius 3 is 2.27 bits per heavy atom. The Morgan fingerprint density at radius 2 is 1.80 bits per heavy atom. The second-order valence-corrected chi connectivity index (χ2v) is 6.50. The van der Waals surface area contributed by atoms with Crippen molar-refractivity contribution in [3.63, 3.8) is 0 Å². The van der Waals surface area contributed by atoms with Gasteiger partial charge >= 0.3 is 10.2 Å². The number of halogens is 1. The zero-order chi connectivity index (χ0) is 11.9. The molecular formula is C5H9ClN2O5S2. The molecular weight excluding hydrogens is 268 g/mol. The topological polar surface area (TPSA) is 110 Å². The van der Waals surface area contributed by atoms with E-state index in [0.717, 1.165) is 6.08 Å². The molecule has 0 rings (SSSR count). The van der Waals surface area contributed by atoms with Gasteiger partial charge in [-0.25, -0.2) is 13.2 Å². The summed E-state index contributed by atoms with van der Waals surface area (Å²) in [4.78, 5) is 9.64. The summed E-state index contributed by atoms with van der Waals surface area (Å²) < 4.78 is 47.8. The second-order valence-electron chi connectivity index (χ2n) is 2.39. The Hall–Kier alpha value is -0.470.